The smallest absolute Gasteiger partial charge is 0.182 e. The third-order valence-electron chi connectivity index (χ3n) is 2.45. The van der Waals surface area contributed by atoms with Gasteiger partial charge in [-0.2, -0.15) is 0 Å². The van der Waals surface area contributed by atoms with E-state index in [0.29, 0.717) is 5.65 Å². The summed E-state index contributed by atoms with van der Waals surface area (Å²) in [5, 5.41) is 3.29. The molecule has 5 nitrogen and oxygen atoms in total. The zero-order valence-electron chi connectivity index (χ0n) is 9.27. The van der Waals surface area contributed by atoms with Gasteiger partial charge < -0.3 is 10.3 Å². The quantitative estimate of drug-likeness (QED) is 0.743. The number of hydrogen-bond donors (Lipinski definition) is 2. The Balaban J connectivity index is 1.83. The first-order chi connectivity index (χ1) is 8.33. The summed E-state index contributed by atoms with van der Waals surface area (Å²) in [5.74, 6) is 0.790. The lowest BCUT2D eigenvalue weighted by molar-refractivity contribution is 1.12. The van der Waals surface area contributed by atoms with Crippen LogP contribution < -0.4 is 5.32 Å². The molecule has 0 fully saturated rings. The molecule has 2 N–H and O–H groups in total. The fourth-order valence-corrected chi connectivity index (χ4v) is 2.48. The third kappa shape index (κ3) is 1.99. The van der Waals surface area contributed by atoms with Gasteiger partial charge in [-0.15, -0.1) is 11.3 Å². The van der Waals surface area contributed by atoms with Crippen LogP contribution in [0, 0.1) is 6.92 Å². The Bertz CT molecular complexity index is 642. The van der Waals surface area contributed by atoms with Crippen LogP contribution in [0.5, 0.6) is 0 Å². The van der Waals surface area contributed by atoms with Crippen molar-refractivity contribution < 1.29 is 0 Å². The Morgan fingerprint density at radius 2 is 2.24 bits per heavy atom. The van der Waals surface area contributed by atoms with Crippen molar-refractivity contribution in [1.29, 1.82) is 0 Å². The van der Waals surface area contributed by atoms with E-state index in [1.54, 1.807) is 17.7 Å². The van der Waals surface area contributed by atoms with E-state index in [9.17, 15) is 0 Å². The van der Waals surface area contributed by atoms with Gasteiger partial charge in [0.25, 0.3) is 0 Å². The summed E-state index contributed by atoms with van der Waals surface area (Å²) in [4.78, 5) is 18.0. The number of nitrogens with one attached hydrogen (secondary N) is 2. The number of imidazole rings is 1. The Hall–Kier alpha value is -1.95. The number of rotatable bonds is 3. The van der Waals surface area contributed by atoms with Crippen LogP contribution >= 0.6 is 11.3 Å². The maximum atomic E-state index is 4.21. The lowest BCUT2D eigenvalue weighted by atomic mass is 10.4. The van der Waals surface area contributed by atoms with Crippen LogP contribution in [0.4, 0.5) is 5.82 Å². The predicted molar refractivity (Wildman–Crippen MR) is 68.1 cm³/mol. The summed E-state index contributed by atoms with van der Waals surface area (Å²) in [7, 11) is 0. The standard InChI is InChI=1S/C11H11N5S/c1-7-2-3-8(17-7)4-12-10-9-11(14-5-13-9)16-6-15-10/h2-3,5-6H,4H2,1H3,(H2,12,13,14,15,16). The second-order valence-electron chi connectivity index (χ2n) is 3.69. The molecule has 0 atom stereocenters. The van der Waals surface area contributed by atoms with Gasteiger partial charge in [-0.3, -0.25) is 0 Å². The maximum absolute atomic E-state index is 4.21. The minimum Gasteiger partial charge on any atom is -0.363 e. The van der Waals surface area contributed by atoms with Gasteiger partial charge in [0.15, 0.2) is 11.5 Å². The molecule has 6 heteroatoms. The molecule has 0 aliphatic heterocycles. The molecule has 0 saturated carbocycles. The fourth-order valence-electron chi connectivity index (χ4n) is 1.65. The Labute approximate surface area is 102 Å². The topological polar surface area (TPSA) is 66.5 Å². The van der Waals surface area contributed by atoms with Gasteiger partial charge in [0.1, 0.15) is 11.8 Å². The summed E-state index contributed by atoms with van der Waals surface area (Å²) < 4.78 is 0. The molecule has 0 amide bonds. The van der Waals surface area contributed by atoms with E-state index in [1.165, 1.54) is 16.1 Å². The highest BCUT2D eigenvalue weighted by atomic mass is 32.1. The predicted octanol–water partition coefficient (Wildman–Crippen LogP) is 2.33. The van der Waals surface area contributed by atoms with Gasteiger partial charge in [-0.1, -0.05) is 0 Å². The van der Waals surface area contributed by atoms with E-state index in [-0.39, 0.29) is 0 Å². The average Bonchev–Trinajstić information content (AvgIpc) is 2.94. The van der Waals surface area contributed by atoms with E-state index < -0.39 is 0 Å². The number of anilines is 1. The molecular formula is C11H11N5S. The highest BCUT2D eigenvalue weighted by Crippen LogP contribution is 2.19. The lowest BCUT2D eigenvalue weighted by Gasteiger charge is -2.03. The van der Waals surface area contributed by atoms with E-state index in [0.717, 1.165) is 17.9 Å². The van der Waals surface area contributed by atoms with E-state index >= 15 is 0 Å². The summed E-state index contributed by atoms with van der Waals surface area (Å²) in [6, 6.07) is 4.24. The van der Waals surface area contributed by atoms with Crippen LogP contribution in [0.25, 0.3) is 11.2 Å². The fraction of sp³-hybridized carbons (Fsp3) is 0.182. The van der Waals surface area contributed by atoms with Crippen LogP contribution in [0.3, 0.4) is 0 Å². The van der Waals surface area contributed by atoms with E-state index in [1.807, 2.05) is 0 Å². The van der Waals surface area contributed by atoms with Crippen molar-refractivity contribution in [2.75, 3.05) is 5.32 Å². The highest BCUT2D eigenvalue weighted by Gasteiger charge is 2.05. The molecule has 3 heterocycles. The van der Waals surface area contributed by atoms with Gasteiger partial charge in [-0.05, 0) is 19.1 Å². The first kappa shape index (κ1) is 10.2. The Kier molecular flexibility index (Phi) is 2.49. The second-order valence-corrected chi connectivity index (χ2v) is 5.06. The molecule has 3 aromatic heterocycles. The molecule has 0 aromatic carbocycles. The molecule has 0 bridgehead atoms. The van der Waals surface area contributed by atoms with Gasteiger partial charge in [0, 0.05) is 9.75 Å². The Morgan fingerprint density at radius 1 is 1.29 bits per heavy atom. The summed E-state index contributed by atoms with van der Waals surface area (Å²) >= 11 is 1.78. The summed E-state index contributed by atoms with van der Waals surface area (Å²) in [6.45, 7) is 2.87. The minimum atomic E-state index is 0.685. The molecule has 3 rings (SSSR count). The van der Waals surface area contributed by atoms with Gasteiger partial charge in [0.2, 0.25) is 0 Å². The van der Waals surface area contributed by atoms with E-state index in [2.05, 4.69) is 44.3 Å². The van der Waals surface area contributed by atoms with Crippen molar-refractivity contribution in [3.05, 3.63) is 34.5 Å². The molecule has 0 aliphatic rings. The SMILES string of the molecule is Cc1ccc(CNc2ncnc3nc[nH]c23)s1. The van der Waals surface area contributed by atoms with Crippen LogP contribution in [0.1, 0.15) is 9.75 Å². The molecule has 0 saturated heterocycles. The van der Waals surface area contributed by atoms with E-state index in [4.69, 9.17) is 0 Å². The molecule has 0 aliphatic carbocycles. The van der Waals surface area contributed by atoms with Crippen LogP contribution in [0.2, 0.25) is 0 Å². The molecule has 3 aromatic rings. The molecule has 0 radical (unpaired) electrons. The van der Waals surface area contributed by atoms with Crippen LogP contribution in [-0.2, 0) is 6.54 Å². The van der Waals surface area contributed by atoms with Gasteiger partial charge in [-0.25, -0.2) is 15.0 Å². The van der Waals surface area contributed by atoms with Crippen molar-refractivity contribution >= 4 is 28.3 Å². The molecule has 86 valence electrons. The number of aromatic nitrogens is 4. The monoisotopic (exact) mass is 245 g/mol. The lowest BCUT2D eigenvalue weighted by Crippen LogP contribution is -2.01. The minimum absolute atomic E-state index is 0.685. The molecule has 17 heavy (non-hydrogen) atoms. The number of hydrogen-bond acceptors (Lipinski definition) is 5. The normalized spacial score (nSPS) is 10.9. The van der Waals surface area contributed by atoms with Crippen LogP contribution in [-0.4, -0.2) is 19.9 Å². The molecule has 0 unspecified atom stereocenters. The number of thiophene rings is 1. The second kappa shape index (κ2) is 4.14. The largest absolute Gasteiger partial charge is 0.363 e. The maximum Gasteiger partial charge on any atom is 0.182 e. The van der Waals surface area contributed by atoms with Crippen LogP contribution in [0.15, 0.2) is 24.8 Å². The first-order valence-electron chi connectivity index (χ1n) is 5.26. The Morgan fingerprint density at radius 3 is 3.06 bits per heavy atom. The van der Waals surface area contributed by atoms with Gasteiger partial charge >= 0.3 is 0 Å². The molecular weight excluding hydrogens is 234 g/mol. The van der Waals surface area contributed by atoms with Crippen molar-refractivity contribution in [3.63, 3.8) is 0 Å². The molecule has 0 spiro atoms. The average molecular weight is 245 g/mol. The zero-order valence-corrected chi connectivity index (χ0v) is 10.1. The summed E-state index contributed by atoms with van der Waals surface area (Å²) in [5.41, 5.74) is 1.53. The number of H-pyrrole nitrogens is 1. The van der Waals surface area contributed by atoms with Gasteiger partial charge in [0.05, 0.1) is 12.9 Å². The van der Waals surface area contributed by atoms with Crippen molar-refractivity contribution in [3.8, 4) is 0 Å². The van der Waals surface area contributed by atoms with Crippen molar-refractivity contribution in [2.24, 2.45) is 0 Å². The van der Waals surface area contributed by atoms with Crippen molar-refractivity contribution in [1.82, 2.24) is 19.9 Å². The highest BCUT2D eigenvalue weighted by molar-refractivity contribution is 7.11. The third-order valence-corrected chi connectivity index (χ3v) is 3.45. The first-order valence-corrected chi connectivity index (χ1v) is 6.08. The number of aryl methyl sites for hydroxylation is 1. The number of nitrogens with zero attached hydrogens (tertiary/aromatic N) is 3. The number of fused-ring (bicyclic) bond motifs is 1. The number of aromatic amines is 1. The zero-order chi connectivity index (χ0) is 11.7. The van der Waals surface area contributed by atoms with Crippen molar-refractivity contribution in [2.45, 2.75) is 13.5 Å². The summed E-state index contributed by atoms with van der Waals surface area (Å²) in [6.07, 6.45) is 3.14.